The summed E-state index contributed by atoms with van der Waals surface area (Å²) in [6.45, 7) is 4.22. The molecule has 2 aromatic rings. The van der Waals surface area contributed by atoms with Gasteiger partial charge in [0.05, 0.1) is 14.9 Å². The van der Waals surface area contributed by atoms with E-state index in [0.717, 1.165) is 17.7 Å². The van der Waals surface area contributed by atoms with Crippen LogP contribution in [-0.4, -0.2) is 5.60 Å². The lowest BCUT2D eigenvalue weighted by atomic mass is 9.98. The molecule has 2 aromatic carbocycles. The zero-order valence-corrected chi connectivity index (χ0v) is 14.9. The van der Waals surface area contributed by atoms with Gasteiger partial charge in [-0.1, -0.05) is 57.3 Å². The summed E-state index contributed by atoms with van der Waals surface area (Å²) in [7, 11) is 0. The van der Waals surface area contributed by atoms with Gasteiger partial charge in [-0.3, -0.25) is 0 Å². The standard InChI is InChI=1S/C17H15BrCl2O/c1-17(2)9-12-7-10(4-6-15(12)21-17)16(18)11-3-5-13(19)14(20)8-11/h3-8,16H,9H2,1-2H3. The Morgan fingerprint density at radius 2 is 1.71 bits per heavy atom. The molecule has 0 fully saturated rings. The highest BCUT2D eigenvalue weighted by molar-refractivity contribution is 9.09. The van der Waals surface area contributed by atoms with Crippen molar-refractivity contribution < 1.29 is 4.74 Å². The van der Waals surface area contributed by atoms with Crippen LogP contribution in [0.3, 0.4) is 0 Å². The Bertz CT molecular complexity index is 697. The number of hydrogen-bond donors (Lipinski definition) is 0. The molecule has 0 spiro atoms. The van der Waals surface area contributed by atoms with Gasteiger partial charge in [0.1, 0.15) is 11.4 Å². The average Bonchev–Trinajstić information content (AvgIpc) is 2.73. The Morgan fingerprint density at radius 1 is 1.05 bits per heavy atom. The molecule has 0 N–H and O–H groups in total. The summed E-state index contributed by atoms with van der Waals surface area (Å²) in [4.78, 5) is 0.0845. The van der Waals surface area contributed by atoms with Crippen LogP contribution < -0.4 is 4.74 Å². The first-order valence-electron chi connectivity index (χ1n) is 6.76. The second-order valence-corrected chi connectivity index (χ2v) is 7.67. The van der Waals surface area contributed by atoms with E-state index in [-0.39, 0.29) is 10.4 Å². The third-order valence-corrected chi connectivity index (χ3v) is 5.41. The van der Waals surface area contributed by atoms with Gasteiger partial charge in [-0.2, -0.15) is 0 Å². The lowest BCUT2D eigenvalue weighted by Crippen LogP contribution is -2.24. The minimum atomic E-state index is -0.119. The number of ether oxygens (including phenoxy) is 1. The number of benzene rings is 2. The Morgan fingerprint density at radius 3 is 2.43 bits per heavy atom. The van der Waals surface area contributed by atoms with Crippen molar-refractivity contribution in [2.75, 3.05) is 0 Å². The molecule has 1 aliphatic heterocycles. The summed E-state index contributed by atoms with van der Waals surface area (Å²) in [5.41, 5.74) is 3.41. The Balaban J connectivity index is 1.93. The van der Waals surface area contributed by atoms with Crippen LogP contribution >= 0.6 is 39.1 Å². The molecule has 0 aliphatic carbocycles. The second-order valence-electron chi connectivity index (χ2n) is 5.94. The molecule has 3 rings (SSSR count). The summed E-state index contributed by atoms with van der Waals surface area (Å²) in [6.07, 6.45) is 0.928. The molecule has 1 unspecified atom stereocenters. The van der Waals surface area contributed by atoms with Crippen LogP contribution in [0.25, 0.3) is 0 Å². The van der Waals surface area contributed by atoms with Gasteiger partial charge in [0.2, 0.25) is 0 Å². The quantitative estimate of drug-likeness (QED) is 0.560. The van der Waals surface area contributed by atoms with Gasteiger partial charge in [-0.05, 0) is 48.7 Å². The maximum atomic E-state index is 6.10. The molecule has 1 nitrogen and oxygen atoms in total. The van der Waals surface area contributed by atoms with Crippen molar-refractivity contribution >= 4 is 39.1 Å². The molecule has 0 aromatic heterocycles. The zero-order valence-electron chi connectivity index (χ0n) is 11.8. The third-order valence-electron chi connectivity index (χ3n) is 3.62. The van der Waals surface area contributed by atoms with E-state index in [2.05, 4.69) is 41.9 Å². The molecule has 0 saturated heterocycles. The van der Waals surface area contributed by atoms with Crippen LogP contribution in [0.4, 0.5) is 0 Å². The van der Waals surface area contributed by atoms with Crippen LogP contribution in [-0.2, 0) is 6.42 Å². The Labute approximate surface area is 143 Å². The number of hydrogen-bond acceptors (Lipinski definition) is 1. The van der Waals surface area contributed by atoms with Crippen LogP contribution in [0, 0.1) is 0 Å². The fourth-order valence-electron chi connectivity index (χ4n) is 2.65. The Hall–Kier alpha value is -0.700. The summed E-state index contributed by atoms with van der Waals surface area (Å²) < 4.78 is 5.92. The average molecular weight is 386 g/mol. The summed E-state index contributed by atoms with van der Waals surface area (Å²) >= 11 is 15.8. The monoisotopic (exact) mass is 384 g/mol. The van der Waals surface area contributed by atoms with Crippen LogP contribution in [0.1, 0.15) is 35.4 Å². The minimum Gasteiger partial charge on any atom is -0.487 e. The van der Waals surface area contributed by atoms with Gasteiger partial charge in [0.25, 0.3) is 0 Å². The van der Waals surface area contributed by atoms with Gasteiger partial charge in [0, 0.05) is 6.42 Å². The highest BCUT2D eigenvalue weighted by Crippen LogP contribution is 2.40. The molecule has 0 bridgehead atoms. The van der Waals surface area contributed by atoms with E-state index in [9.17, 15) is 0 Å². The minimum absolute atomic E-state index is 0.0845. The molecule has 4 heteroatoms. The first-order valence-corrected chi connectivity index (χ1v) is 8.44. The van der Waals surface area contributed by atoms with E-state index in [1.54, 1.807) is 0 Å². The molecule has 110 valence electrons. The highest BCUT2D eigenvalue weighted by atomic mass is 79.9. The summed E-state index contributed by atoms with van der Waals surface area (Å²) in [6, 6.07) is 12.0. The number of halogens is 3. The van der Waals surface area contributed by atoms with Gasteiger partial charge in [-0.25, -0.2) is 0 Å². The smallest absolute Gasteiger partial charge is 0.123 e. The molecule has 1 atom stereocenters. The Kier molecular flexibility index (Phi) is 3.98. The van der Waals surface area contributed by atoms with Crippen molar-refractivity contribution in [3.05, 3.63) is 63.1 Å². The van der Waals surface area contributed by atoms with Crippen molar-refractivity contribution in [3.8, 4) is 5.75 Å². The normalized spacial score (nSPS) is 17.2. The van der Waals surface area contributed by atoms with E-state index in [0.29, 0.717) is 10.0 Å². The van der Waals surface area contributed by atoms with Gasteiger partial charge in [0.15, 0.2) is 0 Å². The molecular weight excluding hydrogens is 371 g/mol. The highest BCUT2D eigenvalue weighted by Gasteiger charge is 2.30. The molecule has 0 amide bonds. The van der Waals surface area contributed by atoms with E-state index in [1.807, 2.05) is 24.3 Å². The summed E-state index contributed by atoms with van der Waals surface area (Å²) in [5, 5.41) is 1.15. The summed E-state index contributed by atoms with van der Waals surface area (Å²) in [5.74, 6) is 0.984. The number of rotatable bonds is 2. The second kappa shape index (κ2) is 5.49. The van der Waals surface area contributed by atoms with E-state index in [1.165, 1.54) is 11.1 Å². The van der Waals surface area contributed by atoms with Crippen molar-refractivity contribution in [2.24, 2.45) is 0 Å². The van der Waals surface area contributed by atoms with Gasteiger partial charge >= 0.3 is 0 Å². The largest absolute Gasteiger partial charge is 0.487 e. The zero-order chi connectivity index (χ0) is 15.2. The van der Waals surface area contributed by atoms with Gasteiger partial charge in [-0.15, -0.1) is 0 Å². The predicted octanol–water partition coefficient (Wildman–Crippen LogP) is 6.19. The maximum Gasteiger partial charge on any atom is 0.123 e. The van der Waals surface area contributed by atoms with Crippen molar-refractivity contribution in [2.45, 2.75) is 30.7 Å². The topological polar surface area (TPSA) is 9.23 Å². The number of alkyl halides is 1. The van der Waals surface area contributed by atoms with E-state index >= 15 is 0 Å². The molecule has 0 saturated carbocycles. The molecule has 1 heterocycles. The van der Waals surface area contributed by atoms with E-state index < -0.39 is 0 Å². The first-order chi connectivity index (χ1) is 9.85. The van der Waals surface area contributed by atoms with Crippen molar-refractivity contribution in [1.29, 1.82) is 0 Å². The van der Waals surface area contributed by atoms with Crippen molar-refractivity contribution in [1.82, 2.24) is 0 Å². The van der Waals surface area contributed by atoms with E-state index in [4.69, 9.17) is 27.9 Å². The third kappa shape index (κ3) is 3.08. The predicted molar refractivity (Wildman–Crippen MR) is 92.1 cm³/mol. The van der Waals surface area contributed by atoms with Crippen LogP contribution in [0.2, 0.25) is 10.0 Å². The molecule has 1 aliphatic rings. The molecule has 21 heavy (non-hydrogen) atoms. The lowest BCUT2D eigenvalue weighted by molar-refractivity contribution is 0.138. The number of fused-ring (bicyclic) bond motifs is 1. The fraction of sp³-hybridized carbons (Fsp3) is 0.294. The molecular formula is C17H15BrCl2O. The van der Waals surface area contributed by atoms with Crippen LogP contribution in [0.15, 0.2) is 36.4 Å². The molecule has 0 radical (unpaired) electrons. The lowest BCUT2D eigenvalue weighted by Gasteiger charge is -2.16. The maximum absolute atomic E-state index is 6.10. The van der Waals surface area contributed by atoms with Crippen LogP contribution in [0.5, 0.6) is 5.75 Å². The van der Waals surface area contributed by atoms with Gasteiger partial charge < -0.3 is 4.74 Å². The SMILES string of the molecule is CC1(C)Cc2cc(C(Br)c3ccc(Cl)c(Cl)c3)ccc2O1. The van der Waals surface area contributed by atoms with Crippen molar-refractivity contribution in [3.63, 3.8) is 0 Å². The first kappa shape index (κ1) is 15.2. The fourth-order valence-corrected chi connectivity index (χ4v) is 3.53.